The molecule has 2 aliphatic rings. The number of hydrogen-bond acceptors (Lipinski definition) is 4. The van der Waals surface area contributed by atoms with Crippen LogP contribution in [0.2, 0.25) is 0 Å². The van der Waals surface area contributed by atoms with E-state index >= 15 is 0 Å². The molecule has 7 nitrogen and oxygen atoms in total. The number of piperidine rings is 1. The van der Waals surface area contributed by atoms with Gasteiger partial charge in [-0.2, -0.15) is 0 Å². The Hall–Kier alpha value is -2.83. The Morgan fingerprint density at radius 3 is 2.62 bits per heavy atom. The molecule has 1 aromatic carbocycles. The SMILES string of the molecule is CCn1cncc1C(=O)N1CCC[C@@H]2[C@H]1[C@@H](c1ccc(OC)cc1)CN2C(C)=O. The molecule has 154 valence electrons. The first kappa shape index (κ1) is 19.5. The first-order valence-electron chi connectivity index (χ1n) is 10.3. The topological polar surface area (TPSA) is 67.7 Å². The second kappa shape index (κ2) is 7.89. The summed E-state index contributed by atoms with van der Waals surface area (Å²) >= 11 is 0. The van der Waals surface area contributed by atoms with Crippen LogP contribution in [0.3, 0.4) is 0 Å². The van der Waals surface area contributed by atoms with Crippen molar-refractivity contribution in [2.75, 3.05) is 20.2 Å². The van der Waals surface area contributed by atoms with Gasteiger partial charge in [0.2, 0.25) is 5.91 Å². The van der Waals surface area contributed by atoms with Crippen LogP contribution in [0.5, 0.6) is 5.75 Å². The van der Waals surface area contributed by atoms with Gasteiger partial charge in [-0.15, -0.1) is 0 Å². The number of rotatable bonds is 4. The Bertz CT molecular complexity index is 892. The van der Waals surface area contributed by atoms with Crippen LogP contribution in [0.15, 0.2) is 36.8 Å². The largest absolute Gasteiger partial charge is 0.497 e. The average molecular weight is 396 g/mol. The number of fused-ring (bicyclic) bond motifs is 1. The minimum absolute atomic E-state index is 0.00274. The summed E-state index contributed by atoms with van der Waals surface area (Å²) in [6.07, 6.45) is 5.17. The summed E-state index contributed by atoms with van der Waals surface area (Å²) in [7, 11) is 1.65. The molecule has 3 atom stereocenters. The maximum atomic E-state index is 13.5. The van der Waals surface area contributed by atoms with Crippen molar-refractivity contribution < 1.29 is 14.3 Å². The van der Waals surface area contributed by atoms with Crippen molar-refractivity contribution in [1.82, 2.24) is 19.4 Å². The lowest BCUT2D eigenvalue weighted by molar-refractivity contribution is -0.130. The minimum atomic E-state index is -0.0336. The first-order valence-corrected chi connectivity index (χ1v) is 10.3. The van der Waals surface area contributed by atoms with Gasteiger partial charge >= 0.3 is 0 Å². The van der Waals surface area contributed by atoms with Crippen molar-refractivity contribution in [3.8, 4) is 5.75 Å². The fourth-order valence-electron chi connectivity index (χ4n) is 4.93. The third-order valence-electron chi connectivity index (χ3n) is 6.34. The zero-order chi connectivity index (χ0) is 20.5. The van der Waals surface area contributed by atoms with Crippen LogP contribution in [0, 0.1) is 0 Å². The summed E-state index contributed by atoms with van der Waals surface area (Å²) in [5.41, 5.74) is 1.75. The maximum Gasteiger partial charge on any atom is 0.272 e. The second-order valence-corrected chi connectivity index (χ2v) is 7.81. The van der Waals surface area contributed by atoms with Gasteiger partial charge in [-0.3, -0.25) is 9.59 Å². The Labute approximate surface area is 171 Å². The molecule has 29 heavy (non-hydrogen) atoms. The standard InChI is InChI=1S/C22H28N4O3/c1-4-24-14-23-12-20(24)22(28)25-11-5-6-19-21(25)18(13-26(19)15(2)27)16-7-9-17(29-3)10-8-16/h7-10,12,14,18-19,21H,4-6,11,13H2,1-3H3/t18-,19-,21-/m1/s1. The fourth-order valence-corrected chi connectivity index (χ4v) is 4.93. The zero-order valence-corrected chi connectivity index (χ0v) is 17.2. The Morgan fingerprint density at radius 1 is 1.21 bits per heavy atom. The van der Waals surface area contributed by atoms with Crippen LogP contribution in [-0.4, -0.2) is 63.4 Å². The molecule has 2 aliphatic heterocycles. The van der Waals surface area contributed by atoms with E-state index in [9.17, 15) is 9.59 Å². The molecular weight excluding hydrogens is 368 g/mol. The summed E-state index contributed by atoms with van der Waals surface area (Å²) in [4.78, 5) is 34.0. The number of benzene rings is 1. The van der Waals surface area contributed by atoms with E-state index in [4.69, 9.17) is 4.74 Å². The molecule has 1 aromatic heterocycles. The lowest BCUT2D eigenvalue weighted by atomic mass is 9.85. The number of ether oxygens (including phenoxy) is 1. The van der Waals surface area contributed by atoms with Gasteiger partial charge in [0.25, 0.3) is 5.91 Å². The minimum Gasteiger partial charge on any atom is -0.497 e. The van der Waals surface area contributed by atoms with Gasteiger partial charge in [0.1, 0.15) is 11.4 Å². The number of aryl methyl sites for hydroxylation is 1. The van der Waals surface area contributed by atoms with Gasteiger partial charge in [-0.05, 0) is 37.5 Å². The number of aromatic nitrogens is 2. The van der Waals surface area contributed by atoms with Crippen molar-refractivity contribution in [3.05, 3.63) is 48.0 Å². The lowest BCUT2D eigenvalue weighted by Crippen LogP contribution is -2.54. The fraction of sp³-hybridized carbons (Fsp3) is 0.500. The molecule has 0 spiro atoms. The number of nitrogens with zero attached hydrogens (tertiary/aromatic N) is 4. The molecule has 3 heterocycles. The number of imidazole rings is 1. The van der Waals surface area contributed by atoms with E-state index in [1.54, 1.807) is 26.6 Å². The smallest absolute Gasteiger partial charge is 0.272 e. The molecule has 0 aliphatic carbocycles. The zero-order valence-electron chi connectivity index (χ0n) is 17.2. The van der Waals surface area contributed by atoms with Crippen LogP contribution in [0.4, 0.5) is 0 Å². The van der Waals surface area contributed by atoms with Gasteiger partial charge in [0.15, 0.2) is 0 Å². The summed E-state index contributed by atoms with van der Waals surface area (Å²) < 4.78 is 7.17. The summed E-state index contributed by atoms with van der Waals surface area (Å²) in [6.45, 7) is 5.66. The highest BCUT2D eigenvalue weighted by molar-refractivity contribution is 5.93. The maximum absolute atomic E-state index is 13.5. The van der Waals surface area contributed by atoms with Gasteiger partial charge in [-0.1, -0.05) is 12.1 Å². The molecule has 2 amide bonds. The van der Waals surface area contributed by atoms with Gasteiger partial charge in [0, 0.05) is 32.5 Å². The Balaban J connectivity index is 1.71. The normalized spacial score (nSPS) is 23.8. The summed E-state index contributed by atoms with van der Waals surface area (Å²) in [6, 6.07) is 8.02. The van der Waals surface area contributed by atoms with Crippen molar-refractivity contribution in [3.63, 3.8) is 0 Å². The highest BCUT2D eigenvalue weighted by atomic mass is 16.5. The highest BCUT2D eigenvalue weighted by Crippen LogP contribution is 2.41. The van der Waals surface area contributed by atoms with Gasteiger partial charge in [-0.25, -0.2) is 4.98 Å². The predicted molar refractivity (Wildman–Crippen MR) is 109 cm³/mol. The number of amides is 2. The van der Waals surface area contributed by atoms with E-state index in [1.807, 2.05) is 33.4 Å². The van der Waals surface area contributed by atoms with Crippen LogP contribution in [0.1, 0.15) is 48.7 Å². The summed E-state index contributed by atoms with van der Waals surface area (Å²) in [5.74, 6) is 0.957. The molecule has 2 fully saturated rings. The number of hydrogen-bond donors (Lipinski definition) is 0. The third-order valence-corrected chi connectivity index (χ3v) is 6.34. The van der Waals surface area contributed by atoms with Crippen LogP contribution >= 0.6 is 0 Å². The van der Waals surface area contributed by atoms with E-state index in [2.05, 4.69) is 17.1 Å². The summed E-state index contributed by atoms with van der Waals surface area (Å²) in [5, 5.41) is 0. The van der Waals surface area contributed by atoms with E-state index in [0.29, 0.717) is 25.3 Å². The number of methoxy groups -OCH3 is 1. The molecule has 4 rings (SSSR count). The predicted octanol–water partition coefficient (Wildman–Crippen LogP) is 2.53. The molecule has 7 heteroatoms. The molecular formula is C22H28N4O3. The van der Waals surface area contributed by atoms with E-state index in [-0.39, 0.29) is 29.8 Å². The molecule has 0 saturated carbocycles. The Morgan fingerprint density at radius 2 is 1.97 bits per heavy atom. The van der Waals surface area contributed by atoms with Crippen LogP contribution in [0.25, 0.3) is 0 Å². The monoisotopic (exact) mass is 396 g/mol. The van der Waals surface area contributed by atoms with Gasteiger partial charge < -0.3 is 19.1 Å². The molecule has 2 saturated heterocycles. The average Bonchev–Trinajstić information content (AvgIpc) is 3.38. The van der Waals surface area contributed by atoms with Crippen molar-refractivity contribution >= 4 is 11.8 Å². The van der Waals surface area contributed by atoms with Crippen LogP contribution in [-0.2, 0) is 11.3 Å². The van der Waals surface area contributed by atoms with E-state index in [1.165, 1.54) is 0 Å². The van der Waals surface area contributed by atoms with Crippen molar-refractivity contribution in [2.24, 2.45) is 0 Å². The Kier molecular flexibility index (Phi) is 5.30. The van der Waals surface area contributed by atoms with Crippen molar-refractivity contribution in [1.29, 1.82) is 0 Å². The number of carbonyl (C=O) groups excluding carboxylic acids is 2. The second-order valence-electron chi connectivity index (χ2n) is 7.81. The number of likely N-dealkylation sites (tertiary alicyclic amines) is 2. The molecule has 0 N–H and O–H groups in total. The lowest BCUT2D eigenvalue weighted by Gasteiger charge is -2.41. The van der Waals surface area contributed by atoms with E-state index in [0.717, 1.165) is 24.2 Å². The van der Waals surface area contributed by atoms with Gasteiger partial charge in [0.05, 0.1) is 31.7 Å². The quantitative estimate of drug-likeness (QED) is 0.797. The highest BCUT2D eigenvalue weighted by Gasteiger charge is 2.49. The van der Waals surface area contributed by atoms with E-state index < -0.39 is 0 Å². The first-order chi connectivity index (χ1) is 14.0. The molecule has 0 bridgehead atoms. The van der Waals surface area contributed by atoms with Crippen LogP contribution < -0.4 is 4.74 Å². The molecule has 0 radical (unpaired) electrons. The third kappa shape index (κ3) is 3.39. The molecule has 0 unspecified atom stereocenters. The number of carbonyl (C=O) groups is 2. The molecule has 2 aromatic rings. The van der Waals surface area contributed by atoms with Crippen molar-refractivity contribution in [2.45, 2.75) is 51.2 Å².